The van der Waals surface area contributed by atoms with Gasteiger partial charge in [0.15, 0.2) is 0 Å². The number of ether oxygens (including phenoxy) is 1. The molecule has 1 amide bonds. The van der Waals surface area contributed by atoms with Gasteiger partial charge in [0.05, 0.1) is 6.61 Å². The summed E-state index contributed by atoms with van der Waals surface area (Å²) in [5.41, 5.74) is 2.50. The average Bonchev–Trinajstić information content (AvgIpc) is 2.68. The summed E-state index contributed by atoms with van der Waals surface area (Å²) in [6.45, 7) is 2.52. The molecule has 0 spiro atoms. The number of carbonyl (C=O) groups is 1. The molecular formula is C22H20ClNO2S. The van der Waals surface area contributed by atoms with E-state index >= 15 is 0 Å². The standard InChI is InChI=1S/C22H20ClNO2S/c1-2-26-20-5-3-4-19(14-20)24-22(25)17-8-6-16(7-9-17)15-27-21-12-10-18(23)11-13-21/h3-14H,2,15H2,1H3,(H,24,25). The van der Waals surface area contributed by atoms with Crippen molar-refractivity contribution in [3.8, 4) is 5.75 Å². The molecule has 0 radical (unpaired) electrons. The number of rotatable bonds is 7. The van der Waals surface area contributed by atoms with Crippen LogP contribution in [-0.2, 0) is 5.75 Å². The summed E-state index contributed by atoms with van der Waals surface area (Å²) in [4.78, 5) is 13.6. The van der Waals surface area contributed by atoms with Crippen LogP contribution in [0.3, 0.4) is 0 Å². The van der Waals surface area contributed by atoms with Gasteiger partial charge in [-0.15, -0.1) is 11.8 Å². The second kappa shape index (κ2) is 9.49. The van der Waals surface area contributed by atoms with Crippen molar-refractivity contribution in [2.24, 2.45) is 0 Å². The Hall–Kier alpha value is -2.43. The number of nitrogens with one attached hydrogen (secondary N) is 1. The first-order valence-electron chi connectivity index (χ1n) is 8.65. The molecule has 0 aliphatic heterocycles. The van der Waals surface area contributed by atoms with E-state index in [2.05, 4.69) is 5.32 Å². The Morgan fingerprint density at radius 3 is 2.48 bits per heavy atom. The van der Waals surface area contributed by atoms with Crippen LogP contribution in [0.2, 0.25) is 5.02 Å². The van der Waals surface area contributed by atoms with Crippen LogP contribution in [0.15, 0.2) is 77.7 Å². The minimum atomic E-state index is -0.138. The van der Waals surface area contributed by atoms with E-state index in [4.69, 9.17) is 16.3 Å². The highest BCUT2D eigenvalue weighted by Crippen LogP contribution is 2.24. The van der Waals surface area contributed by atoms with Gasteiger partial charge in [-0.3, -0.25) is 4.79 Å². The van der Waals surface area contributed by atoms with Gasteiger partial charge in [0, 0.05) is 33.0 Å². The monoisotopic (exact) mass is 397 g/mol. The van der Waals surface area contributed by atoms with Crippen molar-refractivity contribution in [3.05, 3.63) is 88.9 Å². The smallest absolute Gasteiger partial charge is 0.255 e. The van der Waals surface area contributed by atoms with Gasteiger partial charge >= 0.3 is 0 Å². The third kappa shape index (κ3) is 5.78. The van der Waals surface area contributed by atoms with E-state index in [0.29, 0.717) is 17.9 Å². The molecule has 0 aliphatic carbocycles. The highest BCUT2D eigenvalue weighted by Gasteiger charge is 2.07. The maximum absolute atomic E-state index is 12.4. The third-order valence-corrected chi connectivity index (χ3v) is 5.17. The van der Waals surface area contributed by atoms with Gasteiger partial charge in [-0.05, 0) is 61.0 Å². The van der Waals surface area contributed by atoms with Crippen LogP contribution in [-0.4, -0.2) is 12.5 Å². The molecule has 0 atom stereocenters. The normalized spacial score (nSPS) is 10.4. The Labute approximate surface area is 168 Å². The van der Waals surface area contributed by atoms with Gasteiger partial charge in [-0.25, -0.2) is 0 Å². The summed E-state index contributed by atoms with van der Waals surface area (Å²) in [5, 5.41) is 3.64. The molecule has 0 fully saturated rings. The van der Waals surface area contributed by atoms with Crippen molar-refractivity contribution in [1.82, 2.24) is 0 Å². The topological polar surface area (TPSA) is 38.3 Å². The fourth-order valence-electron chi connectivity index (χ4n) is 2.48. The van der Waals surface area contributed by atoms with Crippen molar-refractivity contribution >= 4 is 35.0 Å². The van der Waals surface area contributed by atoms with Gasteiger partial charge in [-0.2, -0.15) is 0 Å². The molecule has 0 saturated heterocycles. The lowest BCUT2D eigenvalue weighted by Crippen LogP contribution is -2.11. The van der Waals surface area contributed by atoms with Gasteiger partial charge in [0.25, 0.3) is 5.91 Å². The molecule has 3 rings (SSSR count). The first kappa shape index (κ1) is 19.3. The fraction of sp³-hybridized carbons (Fsp3) is 0.136. The van der Waals surface area contributed by atoms with Crippen LogP contribution >= 0.6 is 23.4 Å². The molecule has 0 aliphatic rings. The van der Waals surface area contributed by atoms with Crippen LogP contribution < -0.4 is 10.1 Å². The molecule has 3 aromatic carbocycles. The minimum absolute atomic E-state index is 0.138. The maximum atomic E-state index is 12.4. The largest absolute Gasteiger partial charge is 0.494 e. The van der Waals surface area contributed by atoms with Crippen molar-refractivity contribution in [2.45, 2.75) is 17.6 Å². The molecule has 5 heteroatoms. The number of anilines is 1. The first-order chi connectivity index (χ1) is 13.1. The zero-order valence-corrected chi connectivity index (χ0v) is 16.5. The van der Waals surface area contributed by atoms with Crippen molar-refractivity contribution in [2.75, 3.05) is 11.9 Å². The number of benzene rings is 3. The Morgan fingerprint density at radius 1 is 1.04 bits per heavy atom. The number of hydrogen-bond acceptors (Lipinski definition) is 3. The molecule has 1 N–H and O–H groups in total. The summed E-state index contributed by atoms with van der Waals surface area (Å²) < 4.78 is 5.46. The second-order valence-corrected chi connectivity index (χ2v) is 7.34. The van der Waals surface area contributed by atoms with E-state index < -0.39 is 0 Å². The molecule has 27 heavy (non-hydrogen) atoms. The number of thioether (sulfide) groups is 1. The van der Waals surface area contributed by atoms with E-state index in [0.717, 1.165) is 27.0 Å². The van der Waals surface area contributed by atoms with Gasteiger partial charge in [0.1, 0.15) is 5.75 Å². The Morgan fingerprint density at radius 2 is 1.78 bits per heavy atom. The van der Waals surface area contributed by atoms with Crippen LogP contribution in [0, 0.1) is 0 Å². The predicted molar refractivity (Wildman–Crippen MR) is 113 cm³/mol. The highest BCUT2D eigenvalue weighted by atomic mass is 35.5. The van der Waals surface area contributed by atoms with E-state index in [1.54, 1.807) is 11.8 Å². The molecule has 0 bridgehead atoms. The lowest BCUT2D eigenvalue weighted by atomic mass is 10.1. The SMILES string of the molecule is CCOc1cccc(NC(=O)c2ccc(CSc3ccc(Cl)cc3)cc2)c1. The average molecular weight is 398 g/mol. The first-order valence-corrected chi connectivity index (χ1v) is 10.0. The number of halogens is 1. The summed E-state index contributed by atoms with van der Waals surface area (Å²) in [6.07, 6.45) is 0. The van der Waals surface area contributed by atoms with Crippen LogP contribution in [0.4, 0.5) is 5.69 Å². The minimum Gasteiger partial charge on any atom is -0.494 e. The zero-order valence-electron chi connectivity index (χ0n) is 14.9. The quantitative estimate of drug-likeness (QED) is 0.476. The third-order valence-electron chi connectivity index (χ3n) is 3.84. The molecule has 0 heterocycles. The summed E-state index contributed by atoms with van der Waals surface area (Å²) >= 11 is 7.64. The number of amides is 1. The molecule has 0 unspecified atom stereocenters. The fourth-order valence-corrected chi connectivity index (χ4v) is 3.46. The molecule has 0 aromatic heterocycles. The zero-order chi connectivity index (χ0) is 19.1. The molecule has 3 nitrogen and oxygen atoms in total. The lowest BCUT2D eigenvalue weighted by molar-refractivity contribution is 0.102. The van der Waals surface area contributed by atoms with E-state index in [1.165, 1.54) is 0 Å². The second-order valence-electron chi connectivity index (χ2n) is 5.85. The molecule has 138 valence electrons. The van der Waals surface area contributed by atoms with Crippen LogP contribution in [0.5, 0.6) is 5.75 Å². The van der Waals surface area contributed by atoms with Crippen molar-refractivity contribution < 1.29 is 9.53 Å². The predicted octanol–water partition coefficient (Wildman–Crippen LogP) is 6.28. The van der Waals surface area contributed by atoms with Crippen molar-refractivity contribution in [3.63, 3.8) is 0 Å². The van der Waals surface area contributed by atoms with Crippen molar-refractivity contribution in [1.29, 1.82) is 0 Å². The number of hydrogen-bond donors (Lipinski definition) is 1. The van der Waals surface area contributed by atoms with E-state index in [-0.39, 0.29) is 5.91 Å². The summed E-state index contributed by atoms with van der Waals surface area (Å²) in [7, 11) is 0. The van der Waals surface area contributed by atoms with E-state index in [9.17, 15) is 4.79 Å². The summed E-state index contributed by atoms with van der Waals surface area (Å²) in [5.74, 6) is 1.44. The Kier molecular flexibility index (Phi) is 6.80. The number of carbonyl (C=O) groups excluding carboxylic acids is 1. The van der Waals surface area contributed by atoms with Crippen LogP contribution in [0.1, 0.15) is 22.8 Å². The van der Waals surface area contributed by atoms with Gasteiger partial charge in [-0.1, -0.05) is 29.8 Å². The van der Waals surface area contributed by atoms with E-state index in [1.807, 2.05) is 79.7 Å². The highest BCUT2D eigenvalue weighted by molar-refractivity contribution is 7.98. The molecular weight excluding hydrogens is 378 g/mol. The molecule has 3 aromatic rings. The maximum Gasteiger partial charge on any atom is 0.255 e. The van der Waals surface area contributed by atoms with Crippen LogP contribution in [0.25, 0.3) is 0 Å². The lowest BCUT2D eigenvalue weighted by Gasteiger charge is -2.09. The molecule has 0 saturated carbocycles. The Bertz CT molecular complexity index is 895. The van der Waals surface area contributed by atoms with Gasteiger partial charge < -0.3 is 10.1 Å². The summed E-state index contributed by atoms with van der Waals surface area (Å²) in [6, 6.07) is 22.8. The Balaban J connectivity index is 1.58. The van der Waals surface area contributed by atoms with Gasteiger partial charge in [0.2, 0.25) is 0 Å².